The van der Waals surface area contributed by atoms with Crippen LogP contribution in [0.3, 0.4) is 0 Å². The molecule has 2 rings (SSSR count). The largest absolute Gasteiger partial charge is 0.416 e. The van der Waals surface area contributed by atoms with E-state index in [-0.39, 0.29) is 6.04 Å². The first-order valence-corrected chi connectivity index (χ1v) is 5.87. The fourth-order valence-corrected chi connectivity index (χ4v) is 2.13. The Morgan fingerprint density at radius 2 is 2.11 bits per heavy atom. The minimum Gasteiger partial charge on any atom is -0.308 e. The van der Waals surface area contributed by atoms with Crippen molar-refractivity contribution in [2.75, 3.05) is 7.05 Å². The van der Waals surface area contributed by atoms with Crippen LogP contribution in [0.1, 0.15) is 22.9 Å². The van der Waals surface area contributed by atoms with Crippen LogP contribution in [0.5, 0.6) is 0 Å². The number of benzene rings is 1. The number of aromatic nitrogens is 2. The van der Waals surface area contributed by atoms with Gasteiger partial charge < -0.3 is 5.32 Å². The number of hydrogen-bond donors (Lipinski definition) is 1. The molecule has 0 aliphatic heterocycles. The second-order valence-corrected chi connectivity index (χ2v) is 4.23. The maximum Gasteiger partial charge on any atom is 0.416 e. The molecule has 0 aliphatic rings. The van der Waals surface area contributed by atoms with Crippen LogP contribution in [-0.2, 0) is 6.18 Å². The minimum atomic E-state index is -4.34. The first kappa shape index (κ1) is 13.0. The lowest BCUT2D eigenvalue weighted by molar-refractivity contribution is -0.137. The number of alkyl halides is 3. The number of hydrogen-bond acceptors (Lipinski definition) is 4. The Bertz CT molecular complexity index is 511. The first-order valence-electron chi connectivity index (χ1n) is 5.14. The molecule has 0 saturated heterocycles. The van der Waals surface area contributed by atoms with Crippen molar-refractivity contribution in [2.24, 2.45) is 0 Å². The second-order valence-electron chi connectivity index (χ2n) is 3.68. The van der Waals surface area contributed by atoms with Gasteiger partial charge in [-0.05, 0) is 24.7 Å². The van der Waals surface area contributed by atoms with E-state index in [1.54, 1.807) is 19.3 Å². The van der Waals surface area contributed by atoms with E-state index in [1.165, 1.54) is 6.07 Å². The summed E-state index contributed by atoms with van der Waals surface area (Å²) in [7, 11) is 1.67. The van der Waals surface area contributed by atoms with E-state index < -0.39 is 11.7 Å². The molecular formula is C11H10F3N3S. The van der Waals surface area contributed by atoms with Crippen LogP contribution in [0.4, 0.5) is 13.2 Å². The summed E-state index contributed by atoms with van der Waals surface area (Å²) in [6.07, 6.45) is -2.79. The van der Waals surface area contributed by atoms with Crippen LogP contribution in [0, 0.1) is 0 Å². The van der Waals surface area contributed by atoms with E-state index in [0.717, 1.165) is 23.9 Å². The monoisotopic (exact) mass is 273 g/mol. The maximum absolute atomic E-state index is 12.6. The topological polar surface area (TPSA) is 37.8 Å². The van der Waals surface area contributed by atoms with Gasteiger partial charge in [0.05, 0.1) is 35.2 Å². The minimum absolute atomic E-state index is 0.383. The summed E-state index contributed by atoms with van der Waals surface area (Å²) in [5.41, 5.74) is 0.463. The van der Waals surface area contributed by atoms with Gasteiger partial charge in [-0.2, -0.15) is 21.9 Å². The van der Waals surface area contributed by atoms with Crippen LogP contribution >= 0.6 is 11.7 Å². The van der Waals surface area contributed by atoms with Crippen LogP contribution in [0.2, 0.25) is 0 Å². The molecular weight excluding hydrogens is 263 g/mol. The number of nitrogens with zero attached hydrogens (tertiary/aromatic N) is 2. The number of halogens is 3. The standard InChI is InChI=1S/C11H10F3N3S/c1-15-10(9-6-16-18-17-9)7-3-2-4-8(5-7)11(12,13)14/h2-6,10,15H,1H3. The summed E-state index contributed by atoms with van der Waals surface area (Å²) in [4.78, 5) is 0. The third-order valence-electron chi connectivity index (χ3n) is 2.51. The summed E-state index contributed by atoms with van der Waals surface area (Å²) < 4.78 is 45.8. The van der Waals surface area contributed by atoms with E-state index in [1.807, 2.05) is 0 Å². The molecule has 0 aliphatic carbocycles. The zero-order valence-corrected chi connectivity index (χ0v) is 10.2. The molecule has 0 spiro atoms. The highest BCUT2D eigenvalue weighted by atomic mass is 32.1. The highest BCUT2D eigenvalue weighted by molar-refractivity contribution is 6.99. The Labute approximate surface area is 106 Å². The smallest absolute Gasteiger partial charge is 0.308 e. The van der Waals surface area contributed by atoms with Gasteiger partial charge in [0.1, 0.15) is 0 Å². The number of rotatable bonds is 3. The van der Waals surface area contributed by atoms with E-state index in [0.29, 0.717) is 11.3 Å². The molecule has 2 aromatic rings. The lowest BCUT2D eigenvalue weighted by Crippen LogP contribution is -2.18. The van der Waals surface area contributed by atoms with Crippen LogP contribution < -0.4 is 5.32 Å². The van der Waals surface area contributed by atoms with Crippen molar-refractivity contribution in [2.45, 2.75) is 12.2 Å². The van der Waals surface area contributed by atoms with Crippen molar-refractivity contribution in [1.82, 2.24) is 14.1 Å². The van der Waals surface area contributed by atoms with Crippen molar-refractivity contribution < 1.29 is 13.2 Å². The van der Waals surface area contributed by atoms with Gasteiger partial charge in [0.15, 0.2) is 0 Å². The van der Waals surface area contributed by atoms with Gasteiger partial charge in [-0.15, -0.1) is 0 Å². The molecule has 7 heteroatoms. The zero-order chi connectivity index (χ0) is 13.2. The Hall–Kier alpha value is -1.47. The molecule has 1 heterocycles. The molecule has 0 saturated carbocycles. The molecule has 1 aromatic carbocycles. The van der Waals surface area contributed by atoms with E-state index in [2.05, 4.69) is 14.1 Å². The van der Waals surface area contributed by atoms with Gasteiger partial charge in [-0.25, -0.2) is 0 Å². The molecule has 0 amide bonds. The lowest BCUT2D eigenvalue weighted by Gasteiger charge is -2.15. The lowest BCUT2D eigenvalue weighted by atomic mass is 10.0. The predicted octanol–water partition coefficient (Wildman–Crippen LogP) is 2.87. The van der Waals surface area contributed by atoms with Gasteiger partial charge in [-0.3, -0.25) is 0 Å². The van der Waals surface area contributed by atoms with Gasteiger partial charge in [0.25, 0.3) is 0 Å². The Balaban J connectivity index is 2.38. The maximum atomic E-state index is 12.6. The molecule has 96 valence electrons. The normalized spacial score (nSPS) is 13.6. The second kappa shape index (κ2) is 5.03. The summed E-state index contributed by atoms with van der Waals surface area (Å²) in [5, 5.41) is 2.94. The molecule has 0 fully saturated rings. The Morgan fingerprint density at radius 1 is 1.33 bits per heavy atom. The van der Waals surface area contributed by atoms with Crippen LogP contribution in [0.25, 0.3) is 0 Å². The average molecular weight is 273 g/mol. The fraction of sp³-hybridized carbons (Fsp3) is 0.273. The van der Waals surface area contributed by atoms with Crippen LogP contribution in [-0.4, -0.2) is 15.8 Å². The summed E-state index contributed by atoms with van der Waals surface area (Å²) >= 11 is 1.03. The molecule has 1 aromatic heterocycles. The van der Waals surface area contributed by atoms with Crippen LogP contribution in [0.15, 0.2) is 30.5 Å². The molecule has 18 heavy (non-hydrogen) atoms. The van der Waals surface area contributed by atoms with Gasteiger partial charge >= 0.3 is 6.18 Å². The third kappa shape index (κ3) is 2.68. The molecule has 3 nitrogen and oxygen atoms in total. The summed E-state index contributed by atoms with van der Waals surface area (Å²) in [6, 6.07) is 4.82. The van der Waals surface area contributed by atoms with Crippen molar-refractivity contribution in [3.8, 4) is 0 Å². The van der Waals surface area contributed by atoms with Crippen molar-refractivity contribution in [1.29, 1.82) is 0 Å². The summed E-state index contributed by atoms with van der Waals surface area (Å²) in [5.74, 6) is 0. The highest BCUT2D eigenvalue weighted by Crippen LogP contribution is 2.31. The van der Waals surface area contributed by atoms with Crippen molar-refractivity contribution >= 4 is 11.7 Å². The molecule has 1 atom stereocenters. The quantitative estimate of drug-likeness (QED) is 0.934. The molecule has 1 unspecified atom stereocenters. The third-order valence-corrected chi connectivity index (χ3v) is 3.00. The van der Waals surface area contributed by atoms with Gasteiger partial charge in [0, 0.05) is 0 Å². The average Bonchev–Trinajstić information content (AvgIpc) is 2.83. The first-order chi connectivity index (χ1) is 8.52. The SMILES string of the molecule is CNC(c1cccc(C(F)(F)F)c1)c1cnsn1. The predicted molar refractivity (Wildman–Crippen MR) is 62.3 cm³/mol. The molecule has 0 bridgehead atoms. The molecule has 1 N–H and O–H groups in total. The zero-order valence-electron chi connectivity index (χ0n) is 9.40. The van der Waals surface area contributed by atoms with Crippen molar-refractivity contribution in [3.05, 3.63) is 47.3 Å². The van der Waals surface area contributed by atoms with E-state index >= 15 is 0 Å². The highest BCUT2D eigenvalue weighted by Gasteiger charge is 2.31. The summed E-state index contributed by atoms with van der Waals surface area (Å²) in [6.45, 7) is 0. The van der Waals surface area contributed by atoms with Gasteiger partial charge in [0.2, 0.25) is 0 Å². The fourth-order valence-electron chi connectivity index (χ4n) is 1.68. The van der Waals surface area contributed by atoms with Crippen molar-refractivity contribution in [3.63, 3.8) is 0 Å². The Morgan fingerprint density at radius 3 is 2.67 bits per heavy atom. The van der Waals surface area contributed by atoms with E-state index in [4.69, 9.17) is 0 Å². The number of nitrogens with one attached hydrogen (secondary N) is 1. The Kier molecular flexibility index (Phi) is 3.63. The van der Waals surface area contributed by atoms with Gasteiger partial charge in [-0.1, -0.05) is 12.1 Å². The molecule has 0 radical (unpaired) electrons. The van der Waals surface area contributed by atoms with E-state index in [9.17, 15) is 13.2 Å².